The number of ether oxygens (including phenoxy) is 1. The number of nitrogens with zero attached hydrogens (tertiary/aromatic N) is 1. The molecule has 2 aromatic rings. The van der Waals surface area contributed by atoms with Crippen molar-refractivity contribution in [3.05, 3.63) is 65.7 Å². The Morgan fingerprint density at radius 1 is 1.11 bits per heavy atom. The summed E-state index contributed by atoms with van der Waals surface area (Å²) in [6.07, 6.45) is 0. The van der Waals surface area contributed by atoms with E-state index in [4.69, 9.17) is 10.5 Å². The Hall–Kier alpha value is -2.86. The second kappa shape index (κ2) is 9.73. The number of likely N-dealkylation sites (N-methyl/N-ethyl adjacent to an activating group) is 1. The zero-order valence-electron chi connectivity index (χ0n) is 16.0. The van der Waals surface area contributed by atoms with E-state index in [9.17, 15) is 9.59 Å². The standard InChI is InChI=1S/C21H27N3O3/c1-15(20(22)17-9-5-4-6-10-17)21(26)23-13-16-8-7-11-18(12-16)27-14-19(25)24(2)3/h4-12,15,20H,13-14,22H2,1-3H3,(H,23,26). The van der Waals surface area contributed by atoms with Crippen LogP contribution in [0, 0.1) is 5.92 Å². The molecule has 0 saturated heterocycles. The molecular formula is C21H27N3O3. The molecule has 0 spiro atoms. The monoisotopic (exact) mass is 369 g/mol. The van der Waals surface area contributed by atoms with Crippen LogP contribution in [-0.2, 0) is 16.1 Å². The van der Waals surface area contributed by atoms with Crippen LogP contribution in [0.1, 0.15) is 24.1 Å². The molecule has 0 radical (unpaired) electrons. The van der Waals surface area contributed by atoms with Crippen LogP contribution >= 0.6 is 0 Å². The third-order valence-corrected chi connectivity index (χ3v) is 4.36. The van der Waals surface area contributed by atoms with Gasteiger partial charge < -0.3 is 20.7 Å². The Bertz CT molecular complexity index is 762. The summed E-state index contributed by atoms with van der Waals surface area (Å²) in [5.74, 6) is 0.00780. The molecule has 2 atom stereocenters. The first-order chi connectivity index (χ1) is 12.9. The van der Waals surface area contributed by atoms with Crippen LogP contribution in [0.4, 0.5) is 0 Å². The largest absolute Gasteiger partial charge is 0.484 e. The Morgan fingerprint density at radius 3 is 2.48 bits per heavy atom. The van der Waals surface area contributed by atoms with Gasteiger partial charge in [0, 0.05) is 26.7 Å². The predicted octanol–water partition coefficient (Wildman–Crippen LogP) is 2.11. The topological polar surface area (TPSA) is 84.7 Å². The number of rotatable bonds is 8. The molecule has 144 valence electrons. The summed E-state index contributed by atoms with van der Waals surface area (Å²) >= 11 is 0. The van der Waals surface area contributed by atoms with E-state index >= 15 is 0 Å². The van der Waals surface area contributed by atoms with E-state index in [0.717, 1.165) is 11.1 Å². The number of nitrogens with two attached hydrogens (primary N) is 1. The van der Waals surface area contributed by atoms with Crippen LogP contribution in [0.15, 0.2) is 54.6 Å². The first-order valence-corrected chi connectivity index (χ1v) is 8.88. The van der Waals surface area contributed by atoms with Gasteiger partial charge >= 0.3 is 0 Å². The van der Waals surface area contributed by atoms with Gasteiger partial charge in [-0.1, -0.05) is 49.4 Å². The molecule has 6 nitrogen and oxygen atoms in total. The molecule has 0 saturated carbocycles. The molecule has 2 amide bonds. The summed E-state index contributed by atoms with van der Waals surface area (Å²) in [6.45, 7) is 2.16. The van der Waals surface area contributed by atoms with Crippen molar-refractivity contribution in [2.24, 2.45) is 11.7 Å². The van der Waals surface area contributed by atoms with Gasteiger partial charge in [-0.25, -0.2) is 0 Å². The lowest BCUT2D eigenvalue weighted by Crippen LogP contribution is -2.35. The van der Waals surface area contributed by atoms with Crippen molar-refractivity contribution in [1.82, 2.24) is 10.2 Å². The molecule has 2 unspecified atom stereocenters. The van der Waals surface area contributed by atoms with Crippen molar-refractivity contribution in [2.45, 2.75) is 19.5 Å². The average Bonchev–Trinajstić information content (AvgIpc) is 2.69. The van der Waals surface area contributed by atoms with Crippen molar-refractivity contribution < 1.29 is 14.3 Å². The molecule has 2 rings (SSSR count). The number of nitrogens with one attached hydrogen (secondary N) is 1. The van der Waals surface area contributed by atoms with Gasteiger partial charge in [0.2, 0.25) is 5.91 Å². The summed E-state index contributed by atoms with van der Waals surface area (Å²) in [4.78, 5) is 25.5. The van der Waals surface area contributed by atoms with Crippen LogP contribution < -0.4 is 15.8 Å². The average molecular weight is 369 g/mol. The molecule has 0 fully saturated rings. The fourth-order valence-corrected chi connectivity index (χ4v) is 2.50. The third kappa shape index (κ3) is 6.11. The van der Waals surface area contributed by atoms with Crippen LogP contribution in [0.2, 0.25) is 0 Å². The maximum Gasteiger partial charge on any atom is 0.259 e. The summed E-state index contributed by atoms with van der Waals surface area (Å²) < 4.78 is 5.50. The van der Waals surface area contributed by atoms with Gasteiger partial charge in [0.1, 0.15) is 5.75 Å². The number of benzene rings is 2. The second-order valence-electron chi connectivity index (χ2n) is 6.67. The highest BCUT2D eigenvalue weighted by atomic mass is 16.5. The molecule has 6 heteroatoms. The SMILES string of the molecule is CC(C(=O)NCc1cccc(OCC(=O)N(C)C)c1)C(N)c1ccccc1. The maximum absolute atomic E-state index is 12.4. The van der Waals surface area contributed by atoms with E-state index in [1.165, 1.54) is 4.90 Å². The molecule has 3 N–H and O–H groups in total. The van der Waals surface area contributed by atoms with E-state index < -0.39 is 0 Å². The van der Waals surface area contributed by atoms with Gasteiger partial charge in [-0.3, -0.25) is 9.59 Å². The second-order valence-corrected chi connectivity index (χ2v) is 6.67. The minimum Gasteiger partial charge on any atom is -0.484 e. The normalized spacial score (nSPS) is 12.7. The predicted molar refractivity (Wildman–Crippen MR) is 105 cm³/mol. The molecule has 27 heavy (non-hydrogen) atoms. The number of hydrogen-bond acceptors (Lipinski definition) is 4. The van der Waals surface area contributed by atoms with Crippen LogP contribution in [-0.4, -0.2) is 37.4 Å². The van der Waals surface area contributed by atoms with Gasteiger partial charge in [-0.15, -0.1) is 0 Å². The Balaban J connectivity index is 1.89. The minimum atomic E-state index is -0.363. The lowest BCUT2D eigenvalue weighted by atomic mass is 9.94. The molecule has 0 heterocycles. The molecule has 0 bridgehead atoms. The van der Waals surface area contributed by atoms with E-state index in [-0.39, 0.29) is 30.4 Å². The van der Waals surface area contributed by atoms with E-state index in [2.05, 4.69) is 5.32 Å². The Labute approximate surface area is 160 Å². The van der Waals surface area contributed by atoms with Crippen LogP contribution in [0.25, 0.3) is 0 Å². The van der Waals surface area contributed by atoms with Gasteiger partial charge in [0.25, 0.3) is 5.91 Å². The van der Waals surface area contributed by atoms with Crippen molar-refractivity contribution in [2.75, 3.05) is 20.7 Å². The zero-order valence-corrected chi connectivity index (χ0v) is 16.0. The smallest absolute Gasteiger partial charge is 0.259 e. The number of carbonyl (C=O) groups is 2. The molecule has 0 aliphatic carbocycles. The molecule has 0 aliphatic heterocycles. The maximum atomic E-state index is 12.4. The quantitative estimate of drug-likeness (QED) is 0.746. The Kier molecular flexibility index (Phi) is 7.37. The lowest BCUT2D eigenvalue weighted by Gasteiger charge is -2.20. The summed E-state index contributed by atoms with van der Waals surface area (Å²) in [7, 11) is 3.36. The molecule has 2 aromatic carbocycles. The molecule has 0 aromatic heterocycles. The fourth-order valence-electron chi connectivity index (χ4n) is 2.50. The summed E-state index contributed by atoms with van der Waals surface area (Å²) in [5.41, 5.74) is 8.03. The van der Waals surface area contributed by atoms with Crippen LogP contribution in [0.3, 0.4) is 0 Å². The molecule has 0 aliphatic rings. The van der Waals surface area contributed by atoms with E-state index in [0.29, 0.717) is 12.3 Å². The lowest BCUT2D eigenvalue weighted by molar-refractivity contribution is -0.130. The molecular weight excluding hydrogens is 342 g/mol. The number of carbonyl (C=O) groups excluding carboxylic acids is 2. The highest BCUT2D eigenvalue weighted by Gasteiger charge is 2.21. The first kappa shape index (κ1) is 20.5. The van der Waals surface area contributed by atoms with Crippen molar-refractivity contribution in [1.29, 1.82) is 0 Å². The first-order valence-electron chi connectivity index (χ1n) is 8.88. The zero-order chi connectivity index (χ0) is 19.8. The summed E-state index contributed by atoms with van der Waals surface area (Å²) in [6, 6.07) is 16.5. The van der Waals surface area contributed by atoms with Crippen molar-refractivity contribution in [3.8, 4) is 5.75 Å². The number of amides is 2. The fraction of sp³-hybridized carbons (Fsp3) is 0.333. The van der Waals surface area contributed by atoms with Gasteiger partial charge in [0.15, 0.2) is 6.61 Å². The van der Waals surface area contributed by atoms with Crippen molar-refractivity contribution in [3.63, 3.8) is 0 Å². The highest BCUT2D eigenvalue weighted by Crippen LogP contribution is 2.19. The van der Waals surface area contributed by atoms with E-state index in [1.807, 2.05) is 55.5 Å². The van der Waals surface area contributed by atoms with Crippen LogP contribution in [0.5, 0.6) is 5.75 Å². The van der Waals surface area contributed by atoms with E-state index in [1.54, 1.807) is 20.2 Å². The highest BCUT2D eigenvalue weighted by molar-refractivity contribution is 5.79. The van der Waals surface area contributed by atoms with Gasteiger partial charge in [-0.05, 0) is 23.3 Å². The summed E-state index contributed by atoms with van der Waals surface area (Å²) in [5, 5.41) is 2.91. The van der Waals surface area contributed by atoms with Crippen molar-refractivity contribution >= 4 is 11.8 Å². The minimum absolute atomic E-state index is 0.0220. The van der Waals surface area contributed by atoms with Gasteiger partial charge in [0.05, 0.1) is 5.92 Å². The third-order valence-electron chi connectivity index (χ3n) is 4.36. The Morgan fingerprint density at radius 2 is 1.81 bits per heavy atom. The number of hydrogen-bond donors (Lipinski definition) is 2. The van der Waals surface area contributed by atoms with Gasteiger partial charge in [-0.2, -0.15) is 0 Å².